The van der Waals surface area contributed by atoms with Crippen molar-refractivity contribution in [1.29, 1.82) is 0 Å². The Morgan fingerprint density at radius 3 is 2.58 bits per heavy atom. The Balaban J connectivity index is 2.26. The second kappa shape index (κ2) is 5.15. The normalized spacial score (nSPS) is 20.4. The van der Waals surface area contributed by atoms with Crippen molar-refractivity contribution < 1.29 is 22.8 Å². The third-order valence-corrected chi connectivity index (χ3v) is 3.35. The summed E-state index contributed by atoms with van der Waals surface area (Å²) in [5, 5.41) is 0. The predicted octanol–water partition coefficient (Wildman–Crippen LogP) is 3.65. The number of hydrogen-bond acceptors (Lipinski definition) is 2. The highest BCUT2D eigenvalue weighted by Crippen LogP contribution is 2.31. The van der Waals surface area contributed by atoms with Crippen LogP contribution in [0.15, 0.2) is 24.3 Å². The van der Waals surface area contributed by atoms with Gasteiger partial charge in [0.25, 0.3) is 0 Å². The van der Waals surface area contributed by atoms with Crippen LogP contribution in [-0.4, -0.2) is 11.6 Å². The van der Waals surface area contributed by atoms with Crippen LogP contribution in [0.2, 0.25) is 0 Å². The molecule has 5 heteroatoms. The Labute approximate surface area is 108 Å². The first-order valence-electron chi connectivity index (χ1n) is 6.14. The molecule has 1 atom stereocenters. The van der Waals surface area contributed by atoms with Gasteiger partial charge in [-0.1, -0.05) is 18.6 Å². The van der Waals surface area contributed by atoms with Crippen LogP contribution in [0, 0.1) is 5.92 Å². The Kier molecular flexibility index (Phi) is 3.73. The SMILES string of the molecule is O=C1CCCC[C@@H]1C(=O)c1cccc(C(F)(F)F)c1. The zero-order chi connectivity index (χ0) is 14.0. The highest BCUT2D eigenvalue weighted by atomic mass is 19.4. The third-order valence-electron chi connectivity index (χ3n) is 3.35. The first kappa shape index (κ1) is 13.8. The van der Waals surface area contributed by atoms with Gasteiger partial charge < -0.3 is 0 Å². The molecule has 0 spiro atoms. The molecule has 19 heavy (non-hydrogen) atoms. The van der Waals surface area contributed by atoms with Crippen LogP contribution >= 0.6 is 0 Å². The monoisotopic (exact) mass is 270 g/mol. The van der Waals surface area contributed by atoms with Gasteiger partial charge in [0, 0.05) is 12.0 Å². The number of hydrogen-bond donors (Lipinski definition) is 0. The molecule has 0 unspecified atom stereocenters. The molecule has 0 aliphatic heterocycles. The molecule has 0 radical (unpaired) electrons. The number of Topliss-reactive ketones (excluding diaryl/α,β-unsaturated/α-hetero) is 2. The molecule has 2 rings (SSSR count). The van der Waals surface area contributed by atoms with Crippen LogP contribution in [-0.2, 0) is 11.0 Å². The lowest BCUT2D eigenvalue weighted by Gasteiger charge is -2.19. The average Bonchev–Trinajstić information content (AvgIpc) is 2.38. The third kappa shape index (κ3) is 3.03. The minimum absolute atomic E-state index is 0.0323. The molecule has 0 amide bonds. The van der Waals surface area contributed by atoms with Gasteiger partial charge in [-0.15, -0.1) is 0 Å². The second-order valence-electron chi connectivity index (χ2n) is 4.71. The van der Waals surface area contributed by atoms with Gasteiger partial charge >= 0.3 is 6.18 Å². The van der Waals surface area contributed by atoms with E-state index in [2.05, 4.69) is 0 Å². The Morgan fingerprint density at radius 2 is 1.95 bits per heavy atom. The summed E-state index contributed by atoms with van der Waals surface area (Å²) in [6, 6.07) is 4.27. The van der Waals surface area contributed by atoms with E-state index >= 15 is 0 Å². The molecule has 0 N–H and O–H groups in total. The number of carbonyl (C=O) groups is 2. The maximum atomic E-state index is 12.6. The molecular weight excluding hydrogens is 257 g/mol. The molecule has 0 aromatic heterocycles. The van der Waals surface area contributed by atoms with Crippen LogP contribution in [0.25, 0.3) is 0 Å². The fourth-order valence-corrected chi connectivity index (χ4v) is 2.31. The molecule has 102 valence electrons. The predicted molar refractivity (Wildman–Crippen MR) is 62.7 cm³/mol. The topological polar surface area (TPSA) is 34.1 Å². The fraction of sp³-hybridized carbons (Fsp3) is 0.429. The molecule has 1 aromatic rings. The number of benzene rings is 1. The first-order valence-corrected chi connectivity index (χ1v) is 6.14. The van der Waals surface area contributed by atoms with Gasteiger partial charge in [-0.3, -0.25) is 9.59 Å². The molecule has 1 aliphatic rings. The molecule has 1 aromatic carbocycles. The number of halogens is 3. The van der Waals surface area contributed by atoms with Crippen LogP contribution in [0.5, 0.6) is 0 Å². The van der Waals surface area contributed by atoms with E-state index in [4.69, 9.17) is 0 Å². The molecule has 0 saturated heterocycles. The van der Waals surface area contributed by atoms with Gasteiger partial charge in [0.2, 0.25) is 0 Å². The molecule has 0 bridgehead atoms. The van der Waals surface area contributed by atoms with Gasteiger partial charge in [-0.25, -0.2) is 0 Å². The zero-order valence-corrected chi connectivity index (χ0v) is 10.2. The maximum Gasteiger partial charge on any atom is 0.416 e. The van der Waals surface area contributed by atoms with E-state index in [0.717, 1.165) is 25.0 Å². The molecule has 1 aliphatic carbocycles. The number of rotatable bonds is 2. The summed E-state index contributed by atoms with van der Waals surface area (Å²) in [7, 11) is 0. The van der Waals surface area contributed by atoms with Gasteiger partial charge in [0.1, 0.15) is 5.78 Å². The lowest BCUT2D eigenvalue weighted by molar-refractivity contribution is -0.137. The summed E-state index contributed by atoms with van der Waals surface area (Å²) >= 11 is 0. The van der Waals surface area contributed by atoms with E-state index < -0.39 is 23.4 Å². The largest absolute Gasteiger partial charge is 0.416 e. The van der Waals surface area contributed by atoms with Gasteiger partial charge in [0.15, 0.2) is 5.78 Å². The van der Waals surface area contributed by atoms with E-state index in [0.29, 0.717) is 12.8 Å². The quantitative estimate of drug-likeness (QED) is 0.607. The van der Waals surface area contributed by atoms with Gasteiger partial charge in [0.05, 0.1) is 11.5 Å². The maximum absolute atomic E-state index is 12.6. The molecule has 0 heterocycles. The fourth-order valence-electron chi connectivity index (χ4n) is 2.31. The summed E-state index contributed by atoms with van der Waals surface area (Å²) in [6.45, 7) is 0. The van der Waals surface area contributed by atoms with E-state index in [1.54, 1.807) is 0 Å². The smallest absolute Gasteiger partial charge is 0.299 e. The van der Waals surface area contributed by atoms with Crippen molar-refractivity contribution in [1.82, 2.24) is 0 Å². The van der Waals surface area contributed by atoms with Crippen molar-refractivity contribution in [2.24, 2.45) is 5.92 Å². The van der Waals surface area contributed by atoms with Crippen molar-refractivity contribution in [3.8, 4) is 0 Å². The Morgan fingerprint density at radius 1 is 1.21 bits per heavy atom. The molecule has 1 fully saturated rings. The summed E-state index contributed by atoms with van der Waals surface area (Å²) in [6.07, 6.45) is -2.18. The summed E-state index contributed by atoms with van der Waals surface area (Å²) in [4.78, 5) is 23.7. The Bertz CT molecular complexity index is 506. The van der Waals surface area contributed by atoms with Gasteiger partial charge in [-0.05, 0) is 25.0 Å². The van der Waals surface area contributed by atoms with Crippen LogP contribution in [0.3, 0.4) is 0 Å². The van der Waals surface area contributed by atoms with E-state index in [9.17, 15) is 22.8 Å². The first-order chi connectivity index (χ1) is 8.89. The molecule has 2 nitrogen and oxygen atoms in total. The minimum atomic E-state index is -4.48. The van der Waals surface area contributed by atoms with E-state index in [-0.39, 0.29) is 11.3 Å². The number of alkyl halides is 3. The minimum Gasteiger partial charge on any atom is -0.299 e. The van der Waals surface area contributed by atoms with Crippen LogP contribution < -0.4 is 0 Å². The number of carbonyl (C=O) groups excluding carboxylic acids is 2. The van der Waals surface area contributed by atoms with Crippen LogP contribution in [0.1, 0.15) is 41.6 Å². The van der Waals surface area contributed by atoms with Gasteiger partial charge in [-0.2, -0.15) is 13.2 Å². The van der Waals surface area contributed by atoms with E-state index in [1.807, 2.05) is 0 Å². The number of ketones is 2. The van der Waals surface area contributed by atoms with Crippen molar-refractivity contribution in [3.63, 3.8) is 0 Å². The van der Waals surface area contributed by atoms with Crippen molar-refractivity contribution >= 4 is 11.6 Å². The van der Waals surface area contributed by atoms with Crippen LogP contribution in [0.4, 0.5) is 13.2 Å². The highest BCUT2D eigenvalue weighted by Gasteiger charge is 2.33. The Hall–Kier alpha value is -1.65. The van der Waals surface area contributed by atoms with Crippen molar-refractivity contribution in [2.45, 2.75) is 31.9 Å². The zero-order valence-electron chi connectivity index (χ0n) is 10.2. The summed E-state index contributed by atoms with van der Waals surface area (Å²) in [5.41, 5.74) is -0.892. The lowest BCUT2D eigenvalue weighted by Crippen LogP contribution is -2.27. The van der Waals surface area contributed by atoms with Crippen molar-refractivity contribution in [2.75, 3.05) is 0 Å². The van der Waals surface area contributed by atoms with Crippen molar-refractivity contribution in [3.05, 3.63) is 35.4 Å². The molecule has 1 saturated carbocycles. The molecular formula is C14H13F3O2. The highest BCUT2D eigenvalue weighted by molar-refractivity contribution is 6.11. The summed E-state index contributed by atoms with van der Waals surface area (Å²) < 4.78 is 37.7. The summed E-state index contributed by atoms with van der Waals surface area (Å²) in [5.74, 6) is -1.42. The lowest BCUT2D eigenvalue weighted by atomic mass is 9.82. The second-order valence-corrected chi connectivity index (χ2v) is 4.71. The van der Waals surface area contributed by atoms with E-state index in [1.165, 1.54) is 12.1 Å². The average molecular weight is 270 g/mol. The standard InChI is InChI=1S/C14H13F3O2/c15-14(16,17)10-5-3-4-9(8-10)13(19)11-6-1-2-7-12(11)18/h3-5,8,11H,1-2,6-7H2/t11-/m0/s1.